The lowest BCUT2D eigenvalue weighted by molar-refractivity contribution is 0.673. The van der Waals surface area contributed by atoms with E-state index < -0.39 is 0 Å². The van der Waals surface area contributed by atoms with Crippen LogP contribution in [0.5, 0.6) is 0 Å². The molecule has 90 valence electrons. The van der Waals surface area contributed by atoms with Crippen LogP contribution in [-0.2, 0) is 6.42 Å². The maximum Gasteiger partial charge on any atom is -0.000825 e. The van der Waals surface area contributed by atoms with Crippen molar-refractivity contribution in [1.29, 1.82) is 0 Å². The highest BCUT2D eigenvalue weighted by atomic mass is 32.2. The van der Waals surface area contributed by atoms with Gasteiger partial charge in [0.2, 0.25) is 0 Å². The number of benzene rings is 1. The quantitative estimate of drug-likeness (QED) is 0.696. The van der Waals surface area contributed by atoms with Crippen molar-refractivity contribution in [1.82, 2.24) is 5.32 Å². The van der Waals surface area contributed by atoms with E-state index in [2.05, 4.69) is 43.4 Å². The second-order valence-corrected chi connectivity index (χ2v) is 5.37. The van der Waals surface area contributed by atoms with Crippen molar-refractivity contribution in [3.63, 3.8) is 0 Å². The third-order valence-electron chi connectivity index (χ3n) is 2.68. The third-order valence-corrected chi connectivity index (χ3v) is 3.66. The smallest absolute Gasteiger partial charge is 0.000825 e. The second kappa shape index (κ2) is 8.66. The summed E-state index contributed by atoms with van der Waals surface area (Å²) in [7, 11) is 0. The van der Waals surface area contributed by atoms with Gasteiger partial charge in [0, 0.05) is 0 Å². The average Bonchev–Trinajstić information content (AvgIpc) is 2.30. The van der Waals surface area contributed by atoms with Crippen LogP contribution < -0.4 is 5.32 Å². The molecular weight excluding hydrogens is 214 g/mol. The maximum absolute atomic E-state index is 3.51. The highest BCUT2D eigenvalue weighted by Gasteiger charge is 1.96. The minimum absolute atomic E-state index is 1.10. The molecule has 0 aliphatic heterocycles. The van der Waals surface area contributed by atoms with Crippen LogP contribution in [-0.4, -0.2) is 24.6 Å². The molecule has 0 unspecified atom stereocenters. The van der Waals surface area contributed by atoms with E-state index in [0.717, 1.165) is 19.5 Å². The van der Waals surface area contributed by atoms with E-state index >= 15 is 0 Å². The summed E-state index contributed by atoms with van der Waals surface area (Å²) in [4.78, 5) is 0. The SMILES string of the molecule is CCSCCCNCCc1ccccc1C. The van der Waals surface area contributed by atoms with Gasteiger partial charge in [0.15, 0.2) is 0 Å². The van der Waals surface area contributed by atoms with Crippen molar-refractivity contribution >= 4 is 11.8 Å². The van der Waals surface area contributed by atoms with Crippen LogP contribution in [0.1, 0.15) is 24.5 Å². The molecule has 0 aromatic heterocycles. The molecule has 0 radical (unpaired) electrons. The third kappa shape index (κ3) is 5.57. The van der Waals surface area contributed by atoms with Crippen LogP contribution in [0.4, 0.5) is 0 Å². The fourth-order valence-corrected chi connectivity index (χ4v) is 2.32. The van der Waals surface area contributed by atoms with Crippen LogP contribution in [0.2, 0.25) is 0 Å². The summed E-state index contributed by atoms with van der Waals surface area (Å²) in [5.41, 5.74) is 2.88. The molecule has 0 saturated carbocycles. The number of hydrogen-bond acceptors (Lipinski definition) is 2. The van der Waals surface area contributed by atoms with Crippen molar-refractivity contribution in [2.24, 2.45) is 0 Å². The number of hydrogen-bond donors (Lipinski definition) is 1. The highest BCUT2D eigenvalue weighted by molar-refractivity contribution is 7.99. The highest BCUT2D eigenvalue weighted by Crippen LogP contribution is 2.06. The number of rotatable bonds is 8. The predicted octanol–water partition coefficient (Wildman–Crippen LogP) is 3.27. The molecule has 0 heterocycles. The summed E-state index contributed by atoms with van der Waals surface area (Å²) >= 11 is 2.02. The molecule has 0 aliphatic carbocycles. The normalized spacial score (nSPS) is 10.6. The van der Waals surface area contributed by atoms with Crippen molar-refractivity contribution in [3.8, 4) is 0 Å². The summed E-state index contributed by atoms with van der Waals surface area (Å²) < 4.78 is 0. The molecule has 0 bridgehead atoms. The second-order valence-electron chi connectivity index (χ2n) is 3.98. The van der Waals surface area contributed by atoms with Gasteiger partial charge in [-0.1, -0.05) is 31.2 Å². The van der Waals surface area contributed by atoms with E-state index in [0.29, 0.717) is 0 Å². The molecule has 1 rings (SSSR count). The van der Waals surface area contributed by atoms with Crippen LogP contribution in [0.3, 0.4) is 0 Å². The zero-order chi connectivity index (χ0) is 11.6. The average molecular weight is 237 g/mol. The van der Waals surface area contributed by atoms with Crippen LogP contribution in [0.15, 0.2) is 24.3 Å². The maximum atomic E-state index is 3.51. The first kappa shape index (κ1) is 13.6. The minimum atomic E-state index is 1.10. The van der Waals surface area contributed by atoms with Crippen LogP contribution in [0.25, 0.3) is 0 Å². The van der Waals surface area contributed by atoms with Gasteiger partial charge in [-0.05, 0) is 55.5 Å². The van der Waals surface area contributed by atoms with E-state index in [9.17, 15) is 0 Å². The lowest BCUT2D eigenvalue weighted by atomic mass is 10.1. The van der Waals surface area contributed by atoms with Gasteiger partial charge in [-0.25, -0.2) is 0 Å². The van der Waals surface area contributed by atoms with Crippen molar-refractivity contribution in [2.45, 2.75) is 26.7 Å². The van der Waals surface area contributed by atoms with E-state index in [1.54, 1.807) is 0 Å². The van der Waals surface area contributed by atoms with Gasteiger partial charge in [-0.2, -0.15) is 11.8 Å². The van der Waals surface area contributed by atoms with Gasteiger partial charge in [0.1, 0.15) is 0 Å². The molecule has 1 aromatic rings. The monoisotopic (exact) mass is 237 g/mol. The molecule has 1 aromatic carbocycles. The zero-order valence-corrected chi connectivity index (χ0v) is 11.3. The summed E-state index contributed by atoms with van der Waals surface area (Å²) in [6.45, 7) is 6.66. The Morgan fingerprint density at radius 1 is 1.19 bits per heavy atom. The van der Waals surface area contributed by atoms with Gasteiger partial charge in [-0.3, -0.25) is 0 Å². The first-order valence-corrected chi connectivity index (χ1v) is 7.33. The van der Waals surface area contributed by atoms with E-state index in [1.165, 1.54) is 29.1 Å². The molecule has 0 aliphatic rings. The molecule has 0 amide bonds. The first-order valence-electron chi connectivity index (χ1n) is 6.17. The lowest BCUT2D eigenvalue weighted by Crippen LogP contribution is -2.19. The van der Waals surface area contributed by atoms with E-state index in [4.69, 9.17) is 0 Å². The van der Waals surface area contributed by atoms with Gasteiger partial charge >= 0.3 is 0 Å². The van der Waals surface area contributed by atoms with Crippen molar-refractivity contribution < 1.29 is 0 Å². The number of thioether (sulfide) groups is 1. The molecule has 0 saturated heterocycles. The Morgan fingerprint density at radius 3 is 2.75 bits per heavy atom. The van der Waals surface area contributed by atoms with E-state index in [1.807, 2.05) is 11.8 Å². The molecule has 2 heteroatoms. The molecule has 1 N–H and O–H groups in total. The Morgan fingerprint density at radius 2 is 2.00 bits per heavy atom. The summed E-state index contributed by atoms with van der Waals surface area (Å²) in [6.07, 6.45) is 2.43. The molecule has 0 spiro atoms. The van der Waals surface area contributed by atoms with Crippen LogP contribution in [0, 0.1) is 6.92 Å². The Bertz CT molecular complexity index is 286. The number of nitrogens with one attached hydrogen (secondary N) is 1. The molecular formula is C14H23NS. The fraction of sp³-hybridized carbons (Fsp3) is 0.571. The van der Waals surface area contributed by atoms with Crippen molar-refractivity contribution in [3.05, 3.63) is 35.4 Å². The fourth-order valence-electron chi connectivity index (χ4n) is 1.68. The van der Waals surface area contributed by atoms with Crippen LogP contribution >= 0.6 is 11.8 Å². The standard InChI is InChI=1S/C14H23NS/c1-3-16-12-6-10-15-11-9-14-8-5-4-7-13(14)2/h4-5,7-8,15H,3,6,9-12H2,1-2H3. The topological polar surface area (TPSA) is 12.0 Å². The lowest BCUT2D eigenvalue weighted by Gasteiger charge is -2.06. The minimum Gasteiger partial charge on any atom is -0.316 e. The van der Waals surface area contributed by atoms with Gasteiger partial charge in [0.05, 0.1) is 0 Å². The van der Waals surface area contributed by atoms with Crippen molar-refractivity contribution in [2.75, 3.05) is 24.6 Å². The Balaban J connectivity index is 2.05. The van der Waals surface area contributed by atoms with Gasteiger partial charge < -0.3 is 5.32 Å². The Labute approximate surface area is 104 Å². The summed E-state index contributed by atoms with van der Waals surface area (Å²) in [5, 5.41) is 3.51. The first-order chi connectivity index (χ1) is 7.84. The molecule has 1 nitrogen and oxygen atoms in total. The zero-order valence-electron chi connectivity index (χ0n) is 10.5. The summed E-state index contributed by atoms with van der Waals surface area (Å²) in [5.74, 6) is 2.52. The Hall–Kier alpha value is -0.470. The predicted molar refractivity (Wildman–Crippen MR) is 75.4 cm³/mol. The molecule has 0 fully saturated rings. The molecule has 16 heavy (non-hydrogen) atoms. The van der Waals surface area contributed by atoms with E-state index in [-0.39, 0.29) is 0 Å². The van der Waals surface area contributed by atoms with Gasteiger partial charge in [0.25, 0.3) is 0 Å². The van der Waals surface area contributed by atoms with Gasteiger partial charge in [-0.15, -0.1) is 0 Å². The largest absolute Gasteiger partial charge is 0.316 e. The number of aryl methyl sites for hydroxylation is 1. The Kier molecular flexibility index (Phi) is 7.35. The summed E-state index contributed by atoms with van der Waals surface area (Å²) in [6, 6.07) is 8.64. The molecule has 0 atom stereocenters.